The van der Waals surface area contributed by atoms with Gasteiger partial charge in [0.05, 0.1) is 10.6 Å². The predicted molar refractivity (Wildman–Crippen MR) is 119 cm³/mol. The fraction of sp³-hybridized carbons (Fsp3) is 0.409. The Morgan fingerprint density at radius 3 is 2.38 bits per heavy atom. The molecule has 4 N–H and O–H groups in total. The summed E-state index contributed by atoms with van der Waals surface area (Å²) in [5.41, 5.74) is 11.1. The second-order valence-electron chi connectivity index (χ2n) is 8.31. The van der Waals surface area contributed by atoms with Crippen molar-refractivity contribution in [3.63, 3.8) is 0 Å². The Kier molecular flexibility index (Phi) is 7.24. The highest BCUT2D eigenvalue weighted by molar-refractivity contribution is 6.33. The van der Waals surface area contributed by atoms with Gasteiger partial charge in [-0.2, -0.15) is 13.2 Å². The summed E-state index contributed by atoms with van der Waals surface area (Å²) in [5, 5.41) is -0.0866. The number of pyridine rings is 1. The number of piperidine rings is 1. The average molecular weight is 497 g/mol. The number of anilines is 1. The monoisotopic (exact) mass is 496 g/mol. The minimum atomic E-state index is -4.52. The van der Waals surface area contributed by atoms with Crippen LogP contribution in [0.2, 0.25) is 5.02 Å². The van der Waals surface area contributed by atoms with Crippen LogP contribution < -0.4 is 26.6 Å². The molecule has 4 rings (SSSR count). The summed E-state index contributed by atoms with van der Waals surface area (Å²) in [5.74, 6) is -0.756. The molecule has 182 valence electrons. The van der Waals surface area contributed by atoms with E-state index in [0.29, 0.717) is 32.4 Å². The third-order valence-corrected chi connectivity index (χ3v) is 6.32. The number of rotatable bonds is 4. The maximum Gasteiger partial charge on any atom is 0.417 e. The third kappa shape index (κ3) is 5.60. The fourth-order valence-electron chi connectivity index (χ4n) is 4.12. The van der Waals surface area contributed by atoms with Crippen molar-refractivity contribution in [2.45, 2.75) is 37.5 Å². The molecule has 1 aromatic heterocycles. The van der Waals surface area contributed by atoms with Crippen molar-refractivity contribution in [1.82, 2.24) is 26.7 Å². The molecule has 2 amide bonds. The topological polar surface area (TPSA) is 98.4 Å². The van der Waals surface area contributed by atoms with Gasteiger partial charge >= 0.3 is 6.18 Å². The Labute approximate surface area is 199 Å². The summed E-state index contributed by atoms with van der Waals surface area (Å²) in [6, 6.07) is 10.1. The van der Waals surface area contributed by atoms with Gasteiger partial charge in [-0.15, -0.1) is 0 Å². The van der Waals surface area contributed by atoms with E-state index in [0.717, 1.165) is 17.8 Å². The number of alkyl halides is 3. The summed E-state index contributed by atoms with van der Waals surface area (Å²) in [6.07, 6.45) is -2.34. The van der Waals surface area contributed by atoms with Gasteiger partial charge in [-0.05, 0) is 30.9 Å². The first-order chi connectivity index (χ1) is 16.2. The van der Waals surface area contributed by atoms with Gasteiger partial charge in [0, 0.05) is 31.2 Å². The zero-order valence-electron chi connectivity index (χ0n) is 18.0. The number of amides is 2. The number of halogens is 4. The quantitative estimate of drug-likeness (QED) is 0.486. The van der Waals surface area contributed by atoms with Crippen molar-refractivity contribution in [2.75, 3.05) is 18.0 Å². The van der Waals surface area contributed by atoms with Crippen LogP contribution in [-0.4, -0.2) is 35.9 Å². The van der Waals surface area contributed by atoms with Crippen molar-refractivity contribution in [1.29, 1.82) is 0 Å². The SMILES string of the molecule is O=C(NNC(=O)C1CC(c2ccccc2)NN1)C1CCN(c2ncc(C(F)(F)F)cc2Cl)CC1. The van der Waals surface area contributed by atoms with Crippen LogP contribution in [0.15, 0.2) is 42.6 Å². The second-order valence-corrected chi connectivity index (χ2v) is 8.71. The highest BCUT2D eigenvalue weighted by Gasteiger charge is 2.34. The van der Waals surface area contributed by atoms with Gasteiger partial charge in [-0.25, -0.2) is 15.8 Å². The van der Waals surface area contributed by atoms with E-state index in [1.807, 2.05) is 30.3 Å². The van der Waals surface area contributed by atoms with Crippen molar-refractivity contribution in [2.24, 2.45) is 5.92 Å². The van der Waals surface area contributed by atoms with Crippen molar-refractivity contribution in [3.8, 4) is 0 Å². The maximum absolute atomic E-state index is 12.8. The molecular formula is C22H24ClF3N6O2. The van der Waals surface area contributed by atoms with Gasteiger partial charge in [-0.3, -0.25) is 20.4 Å². The van der Waals surface area contributed by atoms with Crippen LogP contribution >= 0.6 is 11.6 Å². The molecule has 8 nitrogen and oxygen atoms in total. The molecule has 2 atom stereocenters. The molecule has 2 fully saturated rings. The molecule has 2 aliphatic rings. The molecular weight excluding hydrogens is 473 g/mol. The zero-order valence-corrected chi connectivity index (χ0v) is 18.8. The first kappa shape index (κ1) is 24.2. The maximum atomic E-state index is 12.8. The summed E-state index contributed by atoms with van der Waals surface area (Å²) < 4.78 is 38.4. The normalized spacial score (nSPS) is 21.4. The Bertz CT molecular complexity index is 1030. The smallest absolute Gasteiger partial charge is 0.355 e. The minimum absolute atomic E-state index is 0.0115. The van der Waals surface area contributed by atoms with Crippen molar-refractivity contribution < 1.29 is 22.8 Å². The molecule has 2 saturated heterocycles. The molecule has 12 heteroatoms. The van der Waals surface area contributed by atoms with E-state index in [1.54, 1.807) is 4.90 Å². The van der Waals surface area contributed by atoms with Gasteiger partial charge in [0.2, 0.25) is 5.91 Å². The molecule has 1 aromatic carbocycles. The summed E-state index contributed by atoms with van der Waals surface area (Å²) in [6.45, 7) is 0.800. The van der Waals surface area contributed by atoms with Crippen LogP contribution in [0.1, 0.15) is 36.4 Å². The van der Waals surface area contributed by atoms with E-state index in [2.05, 4.69) is 26.7 Å². The number of carbonyl (C=O) groups is 2. The zero-order chi connectivity index (χ0) is 24.3. The Balaban J connectivity index is 1.23. The Morgan fingerprint density at radius 2 is 1.74 bits per heavy atom. The molecule has 0 aliphatic carbocycles. The van der Waals surface area contributed by atoms with Gasteiger partial charge in [0.25, 0.3) is 5.91 Å². The summed E-state index contributed by atoms with van der Waals surface area (Å²) >= 11 is 6.02. The van der Waals surface area contributed by atoms with Crippen molar-refractivity contribution >= 4 is 29.2 Å². The first-order valence-corrected chi connectivity index (χ1v) is 11.2. The lowest BCUT2D eigenvalue weighted by atomic mass is 9.96. The fourth-order valence-corrected chi connectivity index (χ4v) is 4.40. The highest BCUT2D eigenvalue weighted by Crippen LogP contribution is 2.34. The number of nitrogens with one attached hydrogen (secondary N) is 4. The molecule has 0 spiro atoms. The molecule has 0 radical (unpaired) electrons. The lowest BCUT2D eigenvalue weighted by molar-refractivity contribution is -0.137. The van der Waals surface area contributed by atoms with Crippen LogP contribution in [0.3, 0.4) is 0 Å². The number of hydrogen-bond acceptors (Lipinski definition) is 6. The van der Waals surface area contributed by atoms with Crippen LogP contribution in [0, 0.1) is 5.92 Å². The lowest BCUT2D eigenvalue weighted by Crippen LogP contribution is -2.52. The number of hydrogen-bond donors (Lipinski definition) is 4. The lowest BCUT2D eigenvalue weighted by Gasteiger charge is -2.32. The number of carbonyl (C=O) groups excluding carboxylic acids is 2. The molecule has 34 heavy (non-hydrogen) atoms. The Hall–Kier alpha value is -2.89. The minimum Gasteiger partial charge on any atom is -0.355 e. The van der Waals surface area contributed by atoms with E-state index >= 15 is 0 Å². The van der Waals surface area contributed by atoms with Crippen molar-refractivity contribution in [3.05, 3.63) is 58.7 Å². The van der Waals surface area contributed by atoms with Crippen LogP contribution in [0.25, 0.3) is 0 Å². The van der Waals surface area contributed by atoms with E-state index in [-0.39, 0.29) is 34.6 Å². The van der Waals surface area contributed by atoms with Gasteiger partial charge in [0.15, 0.2) is 0 Å². The first-order valence-electron chi connectivity index (χ1n) is 10.9. The van der Waals surface area contributed by atoms with E-state index in [9.17, 15) is 22.8 Å². The number of aromatic nitrogens is 1. The molecule has 0 bridgehead atoms. The number of hydrazine groups is 2. The summed E-state index contributed by atoms with van der Waals surface area (Å²) in [4.78, 5) is 30.6. The summed E-state index contributed by atoms with van der Waals surface area (Å²) in [7, 11) is 0. The second kappa shape index (κ2) is 10.2. The number of benzene rings is 1. The largest absolute Gasteiger partial charge is 0.417 e. The third-order valence-electron chi connectivity index (χ3n) is 6.04. The van der Waals surface area contributed by atoms with Crippen LogP contribution in [-0.2, 0) is 15.8 Å². The molecule has 2 unspecified atom stereocenters. The average Bonchev–Trinajstić information content (AvgIpc) is 3.33. The predicted octanol–water partition coefficient (Wildman–Crippen LogP) is 2.73. The highest BCUT2D eigenvalue weighted by atomic mass is 35.5. The molecule has 2 aromatic rings. The van der Waals surface area contributed by atoms with Gasteiger partial charge < -0.3 is 4.90 Å². The molecule has 0 saturated carbocycles. The van der Waals surface area contributed by atoms with Gasteiger partial charge in [0.1, 0.15) is 11.9 Å². The van der Waals surface area contributed by atoms with Gasteiger partial charge in [-0.1, -0.05) is 41.9 Å². The van der Waals surface area contributed by atoms with Crippen LogP contribution in [0.5, 0.6) is 0 Å². The van der Waals surface area contributed by atoms with E-state index < -0.39 is 17.8 Å². The standard InChI is InChI=1S/C22H24ClF3N6O2/c23-16-10-15(22(24,25)26)12-27-19(16)32-8-6-14(7-9-32)20(33)30-31-21(34)18-11-17(28-29-18)13-4-2-1-3-5-13/h1-5,10,12,14,17-18,28-29H,6-9,11H2,(H,30,33)(H,31,34). The molecule has 3 heterocycles. The number of nitrogens with zero attached hydrogens (tertiary/aromatic N) is 2. The van der Waals surface area contributed by atoms with E-state index in [1.165, 1.54) is 0 Å². The molecule has 2 aliphatic heterocycles. The van der Waals surface area contributed by atoms with E-state index in [4.69, 9.17) is 11.6 Å². The van der Waals surface area contributed by atoms with Crippen LogP contribution in [0.4, 0.5) is 19.0 Å². The Morgan fingerprint density at radius 1 is 1.06 bits per heavy atom.